The number of carbonyl (C=O) groups excluding carboxylic acids is 2. The van der Waals surface area contributed by atoms with Gasteiger partial charge < -0.3 is 20.0 Å². The highest BCUT2D eigenvalue weighted by molar-refractivity contribution is 6.30. The Hall–Kier alpha value is -1.63. The average Bonchev–Trinajstić information content (AvgIpc) is 2.72. The van der Waals surface area contributed by atoms with E-state index in [0.29, 0.717) is 30.2 Å². The Kier molecular flexibility index (Phi) is 7.71. The summed E-state index contributed by atoms with van der Waals surface area (Å²) in [6, 6.07) is 6.94. The summed E-state index contributed by atoms with van der Waals surface area (Å²) in [5, 5.41) is 3.69. The molecule has 0 aliphatic carbocycles. The van der Waals surface area contributed by atoms with E-state index in [1.54, 1.807) is 29.2 Å². The second-order valence-corrected chi connectivity index (χ2v) is 8.32. The van der Waals surface area contributed by atoms with E-state index < -0.39 is 0 Å². The molecule has 0 radical (unpaired) electrons. The van der Waals surface area contributed by atoms with Crippen LogP contribution in [0.1, 0.15) is 29.6 Å². The highest BCUT2D eigenvalue weighted by Gasteiger charge is 2.28. The summed E-state index contributed by atoms with van der Waals surface area (Å²) in [6.45, 7) is 7.37. The van der Waals surface area contributed by atoms with E-state index >= 15 is 0 Å². The molecular formula is C21H31ClN4O2. The van der Waals surface area contributed by atoms with Gasteiger partial charge in [0.2, 0.25) is 5.91 Å². The van der Waals surface area contributed by atoms with Gasteiger partial charge in [0, 0.05) is 56.4 Å². The molecule has 2 aliphatic rings. The number of hydrogen-bond acceptors (Lipinski definition) is 4. The summed E-state index contributed by atoms with van der Waals surface area (Å²) in [7, 11) is 2.16. The molecule has 1 aromatic carbocycles. The molecule has 1 atom stereocenters. The first-order chi connectivity index (χ1) is 13.5. The fourth-order valence-electron chi connectivity index (χ4n) is 3.88. The van der Waals surface area contributed by atoms with Gasteiger partial charge in [0.15, 0.2) is 0 Å². The van der Waals surface area contributed by atoms with Crippen LogP contribution in [0.5, 0.6) is 0 Å². The third-order valence-corrected chi connectivity index (χ3v) is 5.97. The molecule has 0 spiro atoms. The Morgan fingerprint density at radius 2 is 1.82 bits per heavy atom. The molecule has 1 unspecified atom stereocenters. The Balaban J connectivity index is 1.40. The highest BCUT2D eigenvalue weighted by atomic mass is 35.5. The molecule has 28 heavy (non-hydrogen) atoms. The first-order valence-corrected chi connectivity index (χ1v) is 10.6. The van der Waals surface area contributed by atoms with Crippen molar-refractivity contribution in [3.8, 4) is 0 Å². The van der Waals surface area contributed by atoms with Crippen LogP contribution < -0.4 is 5.32 Å². The molecule has 2 amide bonds. The third kappa shape index (κ3) is 5.93. The summed E-state index contributed by atoms with van der Waals surface area (Å²) in [4.78, 5) is 31.8. The maximum atomic E-state index is 12.7. The van der Waals surface area contributed by atoms with E-state index in [1.165, 1.54) is 0 Å². The zero-order valence-electron chi connectivity index (χ0n) is 16.7. The molecule has 1 N–H and O–H groups in total. The van der Waals surface area contributed by atoms with Crippen molar-refractivity contribution in [2.24, 2.45) is 5.92 Å². The van der Waals surface area contributed by atoms with Gasteiger partial charge in [-0.3, -0.25) is 9.59 Å². The monoisotopic (exact) mass is 406 g/mol. The van der Waals surface area contributed by atoms with Gasteiger partial charge >= 0.3 is 0 Å². The van der Waals surface area contributed by atoms with Crippen LogP contribution >= 0.6 is 11.6 Å². The lowest BCUT2D eigenvalue weighted by Gasteiger charge is -2.33. The number of benzene rings is 1. The Labute approximate surface area is 172 Å². The molecule has 2 fully saturated rings. The van der Waals surface area contributed by atoms with Gasteiger partial charge in [-0.1, -0.05) is 11.6 Å². The molecule has 3 rings (SSSR count). The standard InChI is InChI=1S/C21H31ClN4O2/c1-24-12-14-25(15-13-24)10-3-9-23-20(27)18-4-2-11-26(16-18)21(28)17-5-7-19(22)8-6-17/h5-8,18H,2-4,9-16H2,1H3,(H,23,27). The molecule has 0 bridgehead atoms. The normalized spacial score (nSPS) is 21.5. The summed E-state index contributed by atoms with van der Waals surface area (Å²) >= 11 is 5.90. The van der Waals surface area contributed by atoms with Crippen molar-refractivity contribution in [2.75, 3.05) is 59.4 Å². The summed E-state index contributed by atoms with van der Waals surface area (Å²) in [5.41, 5.74) is 0.623. The minimum atomic E-state index is -0.117. The van der Waals surface area contributed by atoms with Gasteiger partial charge in [-0.2, -0.15) is 0 Å². The lowest BCUT2D eigenvalue weighted by atomic mass is 9.96. The second kappa shape index (κ2) is 10.2. The predicted octanol–water partition coefficient (Wildman–Crippen LogP) is 1.95. The number of nitrogens with zero attached hydrogens (tertiary/aromatic N) is 3. The van der Waals surface area contributed by atoms with Crippen LogP contribution in [-0.4, -0.2) is 85.9 Å². The molecule has 2 heterocycles. The Morgan fingerprint density at radius 3 is 2.54 bits per heavy atom. The van der Waals surface area contributed by atoms with Crippen LogP contribution in [0, 0.1) is 5.92 Å². The number of likely N-dealkylation sites (N-methyl/N-ethyl adjacent to an activating group) is 1. The van der Waals surface area contributed by atoms with E-state index in [2.05, 4.69) is 22.2 Å². The van der Waals surface area contributed by atoms with Crippen LogP contribution in [0.2, 0.25) is 5.02 Å². The van der Waals surface area contributed by atoms with E-state index in [0.717, 1.165) is 52.0 Å². The molecular weight excluding hydrogens is 376 g/mol. The molecule has 1 aromatic rings. The zero-order valence-corrected chi connectivity index (χ0v) is 17.5. The SMILES string of the molecule is CN1CCN(CCCNC(=O)C2CCCN(C(=O)c3ccc(Cl)cc3)C2)CC1. The quantitative estimate of drug-likeness (QED) is 0.733. The number of amides is 2. The molecule has 2 aliphatic heterocycles. The zero-order chi connectivity index (χ0) is 19.9. The number of hydrogen-bond donors (Lipinski definition) is 1. The number of piperidine rings is 1. The number of nitrogens with one attached hydrogen (secondary N) is 1. The summed E-state index contributed by atoms with van der Waals surface area (Å²) < 4.78 is 0. The van der Waals surface area contributed by atoms with Crippen molar-refractivity contribution >= 4 is 23.4 Å². The fourth-order valence-corrected chi connectivity index (χ4v) is 4.01. The minimum Gasteiger partial charge on any atom is -0.356 e. The molecule has 154 valence electrons. The first kappa shape index (κ1) is 21.1. The fraction of sp³-hybridized carbons (Fsp3) is 0.619. The van der Waals surface area contributed by atoms with Crippen LogP contribution in [0.3, 0.4) is 0 Å². The van der Waals surface area contributed by atoms with Gasteiger partial charge in [0.05, 0.1) is 5.92 Å². The van der Waals surface area contributed by atoms with Gasteiger partial charge in [-0.05, 0) is 57.1 Å². The van der Waals surface area contributed by atoms with Gasteiger partial charge in [0.1, 0.15) is 0 Å². The van der Waals surface area contributed by atoms with E-state index in [4.69, 9.17) is 11.6 Å². The van der Waals surface area contributed by atoms with Gasteiger partial charge in [-0.25, -0.2) is 0 Å². The Morgan fingerprint density at radius 1 is 1.11 bits per heavy atom. The number of likely N-dealkylation sites (tertiary alicyclic amines) is 1. The second-order valence-electron chi connectivity index (χ2n) is 7.89. The molecule has 6 nitrogen and oxygen atoms in total. The number of halogens is 1. The van der Waals surface area contributed by atoms with Crippen molar-refractivity contribution in [1.82, 2.24) is 20.0 Å². The number of rotatable bonds is 6. The van der Waals surface area contributed by atoms with E-state index in [-0.39, 0.29) is 17.7 Å². The van der Waals surface area contributed by atoms with Crippen molar-refractivity contribution in [3.05, 3.63) is 34.9 Å². The lowest BCUT2D eigenvalue weighted by molar-refractivity contribution is -0.126. The van der Waals surface area contributed by atoms with Gasteiger partial charge in [0.25, 0.3) is 5.91 Å². The van der Waals surface area contributed by atoms with Crippen molar-refractivity contribution in [1.29, 1.82) is 0 Å². The average molecular weight is 407 g/mol. The molecule has 7 heteroatoms. The molecule has 0 saturated carbocycles. The van der Waals surface area contributed by atoms with Crippen molar-refractivity contribution in [2.45, 2.75) is 19.3 Å². The first-order valence-electron chi connectivity index (χ1n) is 10.3. The predicted molar refractivity (Wildman–Crippen MR) is 112 cm³/mol. The van der Waals surface area contributed by atoms with E-state index in [9.17, 15) is 9.59 Å². The molecule has 0 aromatic heterocycles. The smallest absolute Gasteiger partial charge is 0.253 e. The lowest BCUT2D eigenvalue weighted by Crippen LogP contribution is -2.46. The third-order valence-electron chi connectivity index (χ3n) is 5.72. The minimum absolute atomic E-state index is 0.0239. The van der Waals surface area contributed by atoms with Crippen LogP contribution in [0.15, 0.2) is 24.3 Å². The molecule has 2 saturated heterocycles. The number of carbonyl (C=O) groups is 2. The summed E-state index contributed by atoms with van der Waals surface area (Å²) in [6.07, 6.45) is 2.67. The van der Waals surface area contributed by atoms with E-state index in [1.807, 2.05) is 0 Å². The summed E-state index contributed by atoms with van der Waals surface area (Å²) in [5.74, 6) is -0.0650. The van der Waals surface area contributed by atoms with Crippen molar-refractivity contribution < 1.29 is 9.59 Å². The largest absolute Gasteiger partial charge is 0.356 e. The maximum absolute atomic E-state index is 12.7. The van der Waals surface area contributed by atoms with Gasteiger partial charge in [-0.15, -0.1) is 0 Å². The van der Waals surface area contributed by atoms with Crippen LogP contribution in [0.25, 0.3) is 0 Å². The number of piperazine rings is 1. The highest BCUT2D eigenvalue weighted by Crippen LogP contribution is 2.20. The Bertz CT molecular complexity index is 659. The maximum Gasteiger partial charge on any atom is 0.253 e. The topological polar surface area (TPSA) is 55.9 Å². The van der Waals surface area contributed by atoms with Crippen molar-refractivity contribution in [3.63, 3.8) is 0 Å². The van der Waals surface area contributed by atoms with Crippen LogP contribution in [0.4, 0.5) is 0 Å². The van der Waals surface area contributed by atoms with Crippen LogP contribution in [-0.2, 0) is 4.79 Å².